The molecule has 5 aromatic rings. The standard InChI is InChI=1S/C27H20N2O2/c30-27(31)24-14-18-10-13-23(29-25(18)15-28-24)22-7-3-5-17-9-11-20-19-6-2-1-4-16(19)8-12-21(20)26(17)22/h1-2,4,6,8-15,22H,3,5,7H2,(H,30,31). The molecule has 150 valence electrons. The number of aromatic nitrogens is 2. The van der Waals surface area contributed by atoms with Crippen LogP contribution in [0.5, 0.6) is 0 Å². The normalized spacial score (nSPS) is 15.9. The first-order chi connectivity index (χ1) is 15.2. The second kappa shape index (κ2) is 6.88. The molecule has 0 fully saturated rings. The molecule has 1 N–H and O–H groups in total. The van der Waals surface area contributed by atoms with Gasteiger partial charge in [-0.3, -0.25) is 4.98 Å². The van der Waals surface area contributed by atoms with E-state index in [2.05, 4.69) is 53.5 Å². The van der Waals surface area contributed by atoms with Crippen LogP contribution in [0, 0.1) is 0 Å². The molecule has 4 nitrogen and oxygen atoms in total. The van der Waals surface area contributed by atoms with E-state index in [9.17, 15) is 9.90 Å². The van der Waals surface area contributed by atoms with E-state index in [0.29, 0.717) is 0 Å². The topological polar surface area (TPSA) is 63.1 Å². The molecular weight excluding hydrogens is 384 g/mol. The maximum atomic E-state index is 11.2. The van der Waals surface area contributed by atoms with Crippen molar-refractivity contribution in [2.24, 2.45) is 0 Å². The first kappa shape index (κ1) is 18.0. The second-order valence-corrected chi connectivity index (χ2v) is 8.27. The van der Waals surface area contributed by atoms with E-state index < -0.39 is 5.97 Å². The zero-order valence-corrected chi connectivity index (χ0v) is 16.9. The summed E-state index contributed by atoms with van der Waals surface area (Å²) in [6, 6.07) is 23.2. The maximum absolute atomic E-state index is 11.2. The monoisotopic (exact) mass is 404 g/mol. The summed E-state index contributed by atoms with van der Waals surface area (Å²) in [7, 11) is 0. The Bertz CT molecular complexity index is 1510. The van der Waals surface area contributed by atoms with Gasteiger partial charge in [-0.05, 0) is 64.1 Å². The molecule has 2 heterocycles. The molecule has 0 radical (unpaired) electrons. The Morgan fingerprint density at radius 2 is 1.74 bits per heavy atom. The van der Waals surface area contributed by atoms with Crippen molar-refractivity contribution in [2.45, 2.75) is 25.2 Å². The highest BCUT2D eigenvalue weighted by molar-refractivity contribution is 6.09. The van der Waals surface area contributed by atoms with Crippen LogP contribution in [0.25, 0.3) is 32.4 Å². The summed E-state index contributed by atoms with van der Waals surface area (Å²) in [5.41, 5.74) is 4.60. The van der Waals surface area contributed by atoms with Gasteiger partial charge in [0.05, 0.1) is 11.7 Å². The summed E-state index contributed by atoms with van der Waals surface area (Å²) < 4.78 is 0. The number of nitrogens with zero attached hydrogens (tertiary/aromatic N) is 2. The lowest BCUT2D eigenvalue weighted by Crippen LogP contribution is -2.13. The van der Waals surface area contributed by atoms with Gasteiger partial charge in [-0.25, -0.2) is 9.78 Å². The summed E-state index contributed by atoms with van der Waals surface area (Å²) in [6.45, 7) is 0. The third kappa shape index (κ3) is 2.87. The second-order valence-electron chi connectivity index (χ2n) is 8.27. The summed E-state index contributed by atoms with van der Waals surface area (Å²) in [5.74, 6) is -0.803. The Hall–Kier alpha value is -3.79. The van der Waals surface area contributed by atoms with Gasteiger partial charge in [-0.2, -0.15) is 0 Å². The number of rotatable bonds is 2. The number of pyridine rings is 2. The third-order valence-corrected chi connectivity index (χ3v) is 6.52. The van der Waals surface area contributed by atoms with Gasteiger partial charge in [0, 0.05) is 17.0 Å². The van der Waals surface area contributed by atoms with Gasteiger partial charge < -0.3 is 5.11 Å². The quantitative estimate of drug-likeness (QED) is 0.361. The SMILES string of the molecule is O=C(O)c1cc2ccc(C3CCCc4ccc5c(ccc6ccccc65)c43)nc2cn1. The van der Waals surface area contributed by atoms with Crippen LogP contribution in [0.1, 0.15) is 46.1 Å². The van der Waals surface area contributed by atoms with E-state index in [4.69, 9.17) is 4.98 Å². The van der Waals surface area contributed by atoms with Gasteiger partial charge in [0.2, 0.25) is 0 Å². The summed E-state index contributed by atoms with van der Waals surface area (Å²) in [6.07, 6.45) is 4.85. The van der Waals surface area contributed by atoms with E-state index in [-0.39, 0.29) is 11.6 Å². The smallest absolute Gasteiger partial charge is 0.354 e. The van der Waals surface area contributed by atoms with Crippen LogP contribution < -0.4 is 0 Å². The molecular formula is C27H20N2O2. The molecule has 0 amide bonds. The average Bonchev–Trinajstić information content (AvgIpc) is 2.82. The number of aromatic carboxylic acids is 1. The molecule has 1 atom stereocenters. The Labute approximate surface area is 179 Å². The minimum absolute atomic E-state index is 0.0444. The number of carboxylic acid groups (broad SMARTS) is 1. The molecule has 3 aromatic carbocycles. The predicted molar refractivity (Wildman–Crippen MR) is 123 cm³/mol. The number of fused-ring (bicyclic) bond motifs is 6. The fourth-order valence-electron chi connectivity index (χ4n) is 5.08. The van der Waals surface area contributed by atoms with E-state index in [1.807, 2.05) is 12.1 Å². The number of hydrogen-bond acceptors (Lipinski definition) is 3. The highest BCUT2D eigenvalue weighted by Gasteiger charge is 2.25. The molecule has 1 aliphatic rings. The largest absolute Gasteiger partial charge is 0.477 e. The summed E-state index contributed by atoms with van der Waals surface area (Å²) in [4.78, 5) is 20.2. The molecule has 0 saturated carbocycles. The van der Waals surface area contributed by atoms with Crippen LogP contribution in [0.2, 0.25) is 0 Å². The highest BCUT2D eigenvalue weighted by atomic mass is 16.4. The number of hydrogen-bond donors (Lipinski definition) is 1. The van der Waals surface area contributed by atoms with Crippen molar-refractivity contribution in [1.29, 1.82) is 0 Å². The van der Waals surface area contributed by atoms with E-state index >= 15 is 0 Å². The van der Waals surface area contributed by atoms with E-state index in [1.54, 1.807) is 12.3 Å². The summed E-state index contributed by atoms with van der Waals surface area (Å²) in [5, 5.41) is 15.1. The Morgan fingerprint density at radius 1 is 0.903 bits per heavy atom. The van der Waals surface area contributed by atoms with Crippen molar-refractivity contribution in [3.63, 3.8) is 0 Å². The Morgan fingerprint density at radius 3 is 2.65 bits per heavy atom. The van der Waals surface area contributed by atoms with Gasteiger partial charge in [0.15, 0.2) is 0 Å². The van der Waals surface area contributed by atoms with Gasteiger partial charge >= 0.3 is 5.97 Å². The van der Waals surface area contributed by atoms with Crippen LogP contribution in [-0.4, -0.2) is 21.0 Å². The molecule has 0 aliphatic heterocycles. The van der Waals surface area contributed by atoms with Gasteiger partial charge in [0.1, 0.15) is 5.69 Å². The Kier molecular flexibility index (Phi) is 4.00. The van der Waals surface area contributed by atoms with E-state index in [0.717, 1.165) is 35.9 Å². The predicted octanol–water partition coefficient (Wildman–Crippen LogP) is 6.10. The van der Waals surface area contributed by atoms with Crippen molar-refractivity contribution >= 4 is 38.4 Å². The van der Waals surface area contributed by atoms with Gasteiger partial charge in [-0.15, -0.1) is 0 Å². The molecule has 6 rings (SSSR count). The number of benzene rings is 3. The Balaban J connectivity index is 1.55. The zero-order chi connectivity index (χ0) is 20.9. The van der Waals surface area contributed by atoms with Crippen molar-refractivity contribution in [3.05, 3.63) is 95.4 Å². The van der Waals surface area contributed by atoms with Crippen LogP contribution in [0.4, 0.5) is 0 Å². The van der Waals surface area contributed by atoms with Crippen LogP contribution >= 0.6 is 0 Å². The minimum atomic E-state index is -1.02. The number of aryl methyl sites for hydroxylation is 1. The lowest BCUT2D eigenvalue weighted by molar-refractivity contribution is 0.0690. The fraction of sp³-hybridized carbons (Fsp3) is 0.148. The van der Waals surface area contributed by atoms with Crippen molar-refractivity contribution in [3.8, 4) is 0 Å². The van der Waals surface area contributed by atoms with Crippen LogP contribution in [0.15, 0.2) is 72.9 Å². The van der Waals surface area contributed by atoms with Crippen molar-refractivity contribution in [1.82, 2.24) is 9.97 Å². The lowest BCUT2D eigenvalue weighted by Gasteiger charge is -2.27. The first-order valence-electron chi connectivity index (χ1n) is 10.6. The molecule has 0 saturated heterocycles. The van der Waals surface area contributed by atoms with Gasteiger partial charge in [0.25, 0.3) is 0 Å². The molecule has 31 heavy (non-hydrogen) atoms. The fourth-order valence-corrected chi connectivity index (χ4v) is 5.08. The number of carbonyl (C=O) groups is 1. The molecule has 1 unspecified atom stereocenters. The van der Waals surface area contributed by atoms with Crippen molar-refractivity contribution in [2.75, 3.05) is 0 Å². The average molecular weight is 404 g/mol. The number of carboxylic acids is 1. The molecule has 1 aliphatic carbocycles. The molecule has 4 heteroatoms. The maximum Gasteiger partial charge on any atom is 0.354 e. The molecule has 0 spiro atoms. The summed E-state index contributed by atoms with van der Waals surface area (Å²) >= 11 is 0. The van der Waals surface area contributed by atoms with Crippen LogP contribution in [0.3, 0.4) is 0 Å². The molecule has 0 bridgehead atoms. The molecule has 2 aromatic heterocycles. The first-order valence-corrected chi connectivity index (χ1v) is 10.6. The zero-order valence-electron chi connectivity index (χ0n) is 16.9. The lowest BCUT2D eigenvalue weighted by atomic mass is 9.77. The third-order valence-electron chi connectivity index (χ3n) is 6.52. The van der Waals surface area contributed by atoms with E-state index in [1.165, 1.54) is 32.7 Å². The van der Waals surface area contributed by atoms with Gasteiger partial charge in [-0.1, -0.05) is 54.6 Å². The van der Waals surface area contributed by atoms with Crippen molar-refractivity contribution < 1.29 is 9.90 Å². The van der Waals surface area contributed by atoms with Crippen LogP contribution in [-0.2, 0) is 6.42 Å². The minimum Gasteiger partial charge on any atom is -0.477 e. The highest BCUT2D eigenvalue weighted by Crippen LogP contribution is 2.42.